The van der Waals surface area contributed by atoms with Crippen LogP contribution >= 0.6 is 34.7 Å². The van der Waals surface area contributed by atoms with Crippen molar-refractivity contribution < 1.29 is 14.7 Å². The van der Waals surface area contributed by atoms with Crippen LogP contribution in [0.25, 0.3) is 0 Å². The van der Waals surface area contributed by atoms with Gasteiger partial charge >= 0.3 is 12.0 Å². The molecule has 0 spiro atoms. The molecule has 0 fully saturated rings. The van der Waals surface area contributed by atoms with Gasteiger partial charge in [0.1, 0.15) is 5.25 Å². The lowest BCUT2D eigenvalue weighted by atomic mass is 10.2. The second-order valence-electron chi connectivity index (χ2n) is 5.05. The van der Waals surface area contributed by atoms with Crippen LogP contribution in [0.15, 0.2) is 28.6 Å². The summed E-state index contributed by atoms with van der Waals surface area (Å²) in [5, 5.41) is 22.6. The molecule has 1 aromatic carbocycles. The molecule has 2 aromatic rings. The second-order valence-corrected chi connectivity index (χ2v) is 7.91. The van der Waals surface area contributed by atoms with E-state index in [1.54, 1.807) is 24.3 Å². The fourth-order valence-corrected chi connectivity index (χ4v) is 3.94. The number of anilines is 2. The van der Waals surface area contributed by atoms with Crippen molar-refractivity contribution in [3.63, 3.8) is 0 Å². The van der Waals surface area contributed by atoms with Crippen molar-refractivity contribution in [2.75, 3.05) is 10.6 Å². The maximum absolute atomic E-state index is 11.9. The van der Waals surface area contributed by atoms with Crippen molar-refractivity contribution in [2.24, 2.45) is 0 Å². The van der Waals surface area contributed by atoms with E-state index in [9.17, 15) is 14.7 Å². The Labute approximate surface area is 158 Å². The first-order chi connectivity index (χ1) is 12.0. The minimum absolute atomic E-state index is 0.300. The third-order valence-corrected chi connectivity index (χ3v) is 5.50. The Kier molecular flexibility index (Phi) is 7.48. The quantitative estimate of drug-likeness (QED) is 0.442. The molecule has 0 aliphatic heterocycles. The summed E-state index contributed by atoms with van der Waals surface area (Å²) in [5.74, 6) is -0.872. The Bertz CT molecular complexity index is 724. The van der Waals surface area contributed by atoms with Gasteiger partial charge in [-0.15, -0.1) is 10.2 Å². The van der Waals surface area contributed by atoms with Gasteiger partial charge in [-0.25, -0.2) is 4.79 Å². The molecule has 25 heavy (non-hydrogen) atoms. The summed E-state index contributed by atoms with van der Waals surface area (Å²) in [6, 6.07) is 6.22. The number of nitrogens with zero attached hydrogens (tertiary/aromatic N) is 2. The van der Waals surface area contributed by atoms with E-state index in [4.69, 9.17) is 11.6 Å². The predicted octanol–water partition coefficient (Wildman–Crippen LogP) is 4.57. The summed E-state index contributed by atoms with van der Waals surface area (Å²) in [6.45, 7) is 2.01. The Morgan fingerprint density at radius 3 is 2.64 bits per heavy atom. The smallest absolute Gasteiger partial charge is 0.325 e. The van der Waals surface area contributed by atoms with E-state index in [-0.39, 0.29) is 0 Å². The lowest BCUT2D eigenvalue weighted by Gasteiger charge is -2.08. The average Bonchev–Trinajstić information content (AvgIpc) is 3.00. The van der Waals surface area contributed by atoms with Crippen LogP contribution in [-0.2, 0) is 4.79 Å². The van der Waals surface area contributed by atoms with E-state index >= 15 is 0 Å². The monoisotopic (exact) mass is 400 g/mol. The summed E-state index contributed by atoms with van der Waals surface area (Å²) in [6.07, 6.45) is 2.32. The molecule has 2 rings (SSSR count). The number of amides is 2. The molecule has 7 nitrogen and oxygen atoms in total. The molecule has 10 heteroatoms. The summed E-state index contributed by atoms with van der Waals surface area (Å²) in [7, 11) is 0. The molecule has 0 unspecified atom stereocenters. The SMILES string of the molecule is CCCC[C@@H](Sc1nnc(NC(=O)Nc2ccc(Cl)cc2)s1)C(=O)O. The number of hydrogen-bond donors (Lipinski definition) is 3. The molecule has 1 aromatic heterocycles. The highest BCUT2D eigenvalue weighted by Gasteiger charge is 2.21. The number of aromatic nitrogens is 2. The first-order valence-corrected chi connectivity index (χ1v) is 9.62. The molecule has 0 bridgehead atoms. The number of unbranched alkanes of at least 4 members (excludes halogenated alkanes) is 1. The third kappa shape index (κ3) is 6.52. The molecular weight excluding hydrogens is 384 g/mol. The lowest BCUT2D eigenvalue weighted by Crippen LogP contribution is -2.19. The number of aliphatic carboxylic acids is 1. The number of carbonyl (C=O) groups is 2. The molecule has 1 atom stereocenters. The van der Waals surface area contributed by atoms with Gasteiger partial charge in [0.25, 0.3) is 0 Å². The van der Waals surface area contributed by atoms with Gasteiger partial charge in [0.2, 0.25) is 5.13 Å². The lowest BCUT2D eigenvalue weighted by molar-refractivity contribution is -0.136. The molecular formula is C15H17ClN4O3S2. The van der Waals surface area contributed by atoms with Crippen molar-refractivity contribution in [1.29, 1.82) is 0 Å². The number of benzene rings is 1. The topological polar surface area (TPSA) is 104 Å². The van der Waals surface area contributed by atoms with Crippen LogP contribution in [-0.4, -0.2) is 32.6 Å². The van der Waals surface area contributed by atoms with Crippen LogP contribution in [0, 0.1) is 0 Å². The van der Waals surface area contributed by atoms with Crippen molar-refractivity contribution in [1.82, 2.24) is 10.2 Å². The molecule has 3 N–H and O–H groups in total. The van der Waals surface area contributed by atoms with Gasteiger partial charge in [-0.05, 0) is 30.7 Å². The van der Waals surface area contributed by atoms with Crippen LogP contribution in [0.3, 0.4) is 0 Å². The van der Waals surface area contributed by atoms with Crippen LogP contribution in [0.4, 0.5) is 15.6 Å². The largest absolute Gasteiger partial charge is 0.480 e. The minimum atomic E-state index is -0.872. The standard InChI is InChI=1S/C15H17ClN4O3S2/c1-2-3-4-11(12(21)22)24-15-20-19-14(25-15)18-13(23)17-10-7-5-9(16)6-8-10/h5-8,11H,2-4H2,1H3,(H,21,22)(H2,17,18,19,23)/t11-/m1/s1. The molecule has 0 aliphatic rings. The minimum Gasteiger partial charge on any atom is -0.480 e. The predicted molar refractivity (Wildman–Crippen MR) is 101 cm³/mol. The van der Waals surface area contributed by atoms with Gasteiger partial charge in [0, 0.05) is 10.7 Å². The number of thioether (sulfide) groups is 1. The van der Waals surface area contributed by atoms with Crippen LogP contribution < -0.4 is 10.6 Å². The Balaban J connectivity index is 1.90. The number of rotatable bonds is 8. The van der Waals surface area contributed by atoms with Gasteiger partial charge in [0.05, 0.1) is 0 Å². The number of hydrogen-bond acceptors (Lipinski definition) is 6. The zero-order valence-electron chi connectivity index (χ0n) is 13.4. The fourth-order valence-electron chi connectivity index (χ4n) is 1.84. The maximum Gasteiger partial charge on any atom is 0.325 e. The summed E-state index contributed by atoms with van der Waals surface area (Å²) in [4.78, 5) is 23.2. The van der Waals surface area contributed by atoms with Crippen LogP contribution in [0.5, 0.6) is 0 Å². The third-order valence-electron chi connectivity index (χ3n) is 3.07. The normalized spacial score (nSPS) is 11.8. The summed E-state index contributed by atoms with van der Waals surface area (Å²) >= 11 is 8.07. The van der Waals surface area contributed by atoms with E-state index in [0.717, 1.165) is 35.9 Å². The van der Waals surface area contributed by atoms with Crippen LogP contribution in [0.1, 0.15) is 26.2 Å². The van der Waals surface area contributed by atoms with Gasteiger partial charge in [0.15, 0.2) is 4.34 Å². The van der Waals surface area contributed by atoms with Gasteiger partial charge < -0.3 is 10.4 Å². The van der Waals surface area contributed by atoms with E-state index in [1.165, 1.54) is 0 Å². The average molecular weight is 401 g/mol. The first-order valence-electron chi connectivity index (χ1n) is 7.54. The van der Waals surface area contributed by atoms with Crippen LogP contribution in [0.2, 0.25) is 5.02 Å². The zero-order chi connectivity index (χ0) is 18.2. The highest BCUT2D eigenvalue weighted by Crippen LogP contribution is 2.31. The summed E-state index contributed by atoms with van der Waals surface area (Å²) < 4.78 is 0.505. The molecule has 0 saturated heterocycles. The van der Waals surface area contributed by atoms with E-state index < -0.39 is 17.3 Å². The van der Waals surface area contributed by atoms with E-state index in [2.05, 4.69) is 20.8 Å². The van der Waals surface area contributed by atoms with E-state index in [0.29, 0.717) is 26.6 Å². The molecule has 2 amide bonds. The second kappa shape index (κ2) is 9.59. The molecule has 0 radical (unpaired) electrons. The van der Waals surface area contributed by atoms with Crippen molar-refractivity contribution in [2.45, 2.75) is 35.8 Å². The van der Waals surface area contributed by atoms with Crippen molar-refractivity contribution >= 4 is 57.5 Å². The highest BCUT2D eigenvalue weighted by molar-refractivity contribution is 8.02. The Hall–Kier alpha value is -1.84. The number of carboxylic acids is 1. The highest BCUT2D eigenvalue weighted by atomic mass is 35.5. The van der Waals surface area contributed by atoms with E-state index in [1.807, 2.05) is 6.92 Å². The fraction of sp³-hybridized carbons (Fsp3) is 0.333. The number of nitrogens with one attached hydrogen (secondary N) is 2. The molecule has 134 valence electrons. The van der Waals surface area contributed by atoms with Crippen molar-refractivity contribution in [3.05, 3.63) is 29.3 Å². The maximum atomic E-state index is 11.9. The molecule has 0 saturated carbocycles. The Morgan fingerprint density at radius 2 is 2.00 bits per heavy atom. The number of carboxylic acid groups (broad SMARTS) is 1. The number of urea groups is 1. The number of halogens is 1. The van der Waals surface area contributed by atoms with Crippen molar-refractivity contribution in [3.8, 4) is 0 Å². The van der Waals surface area contributed by atoms with Gasteiger partial charge in [-0.1, -0.05) is 54.5 Å². The van der Waals surface area contributed by atoms with Gasteiger partial charge in [-0.3, -0.25) is 10.1 Å². The first kappa shape index (κ1) is 19.5. The Morgan fingerprint density at radius 1 is 1.28 bits per heavy atom. The zero-order valence-corrected chi connectivity index (χ0v) is 15.7. The summed E-state index contributed by atoms with van der Waals surface area (Å²) in [5.41, 5.74) is 0.589. The molecule has 1 heterocycles. The van der Waals surface area contributed by atoms with Gasteiger partial charge in [-0.2, -0.15) is 0 Å². The molecule has 0 aliphatic carbocycles. The number of carbonyl (C=O) groups excluding carboxylic acids is 1.